The Morgan fingerprint density at radius 2 is 2.16 bits per heavy atom. The van der Waals surface area contributed by atoms with Crippen LogP contribution in [0.2, 0.25) is 0 Å². The molecule has 10 heteroatoms. The second kappa shape index (κ2) is 8.64. The highest BCUT2D eigenvalue weighted by Crippen LogP contribution is 2.33. The van der Waals surface area contributed by atoms with E-state index in [1.54, 1.807) is 34.2 Å². The van der Waals surface area contributed by atoms with Crippen molar-refractivity contribution in [3.05, 3.63) is 47.3 Å². The molecule has 2 atom stereocenters. The molecule has 1 saturated heterocycles. The molecule has 0 radical (unpaired) electrons. The molecule has 2 unspecified atom stereocenters. The first kappa shape index (κ1) is 20.5. The van der Waals surface area contributed by atoms with Crippen LogP contribution in [0.15, 0.2) is 41.8 Å². The molecule has 3 N–H and O–H groups in total. The highest BCUT2D eigenvalue weighted by atomic mass is 32.1. The molecule has 3 aromatic rings. The van der Waals surface area contributed by atoms with Gasteiger partial charge in [0.15, 0.2) is 17.8 Å². The number of nitrogens with zero attached hydrogens (tertiary/aromatic N) is 2. The van der Waals surface area contributed by atoms with Crippen molar-refractivity contribution in [3.8, 4) is 22.1 Å². The lowest BCUT2D eigenvalue weighted by Crippen LogP contribution is -2.53. The number of carbonyl (C=O) groups excluding carboxylic acids is 2. The third-order valence-corrected chi connectivity index (χ3v) is 6.28. The van der Waals surface area contributed by atoms with Crippen LogP contribution in [0, 0.1) is 0 Å². The lowest BCUT2D eigenvalue weighted by atomic mass is 10.1. The number of hydrogen-bond acceptors (Lipinski definition) is 7. The minimum Gasteiger partial charge on any atom is -0.454 e. The average Bonchev–Trinajstić information content (AvgIpc) is 3.53. The topological polar surface area (TPSA) is 107 Å². The minimum atomic E-state index is -0.562. The largest absolute Gasteiger partial charge is 0.454 e. The Kier molecular flexibility index (Phi) is 5.54. The third-order valence-electron chi connectivity index (χ3n) is 5.39. The van der Waals surface area contributed by atoms with Crippen molar-refractivity contribution in [2.24, 2.45) is 0 Å². The van der Waals surface area contributed by atoms with Crippen LogP contribution in [0.5, 0.6) is 11.5 Å². The first-order valence-electron chi connectivity index (χ1n) is 10.5. The van der Waals surface area contributed by atoms with Crippen LogP contribution in [-0.2, 0) is 4.79 Å². The zero-order valence-corrected chi connectivity index (χ0v) is 18.3. The Morgan fingerprint density at radius 1 is 1.28 bits per heavy atom. The Morgan fingerprint density at radius 3 is 2.97 bits per heavy atom. The first-order chi connectivity index (χ1) is 15.6. The van der Waals surface area contributed by atoms with Gasteiger partial charge in [-0.2, -0.15) is 5.10 Å². The van der Waals surface area contributed by atoms with Gasteiger partial charge in [-0.15, -0.1) is 11.3 Å². The Bertz CT molecular complexity index is 1140. The number of hydrogen-bond donors (Lipinski definition) is 3. The number of rotatable bonds is 6. The highest BCUT2D eigenvalue weighted by molar-refractivity contribution is 7.13. The van der Waals surface area contributed by atoms with Crippen molar-refractivity contribution < 1.29 is 19.1 Å². The lowest BCUT2D eigenvalue weighted by Gasteiger charge is -2.32. The number of thiophene rings is 1. The molecule has 1 fully saturated rings. The second-order valence-corrected chi connectivity index (χ2v) is 8.63. The third kappa shape index (κ3) is 4.06. The summed E-state index contributed by atoms with van der Waals surface area (Å²) in [7, 11) is 0. The second-order valence-electron chi connectivity index (χ2n) is 7.69. The van der Waals surface area contributed by atoms with Gasteiger partial charge in [0.1, 0.15) is 11.5 Å². The molecule has 2 aliphatic rings. The van der Waals surface area contributed by atoms with E-state index in [1.807, 2.05) is 23.6 Å². The monoisotopic (exact) mass is 453 g/mol. The summed E-state index contributed by atoms with van der Waals surface area (Å²) in [6.07, 6.45) is 1.70. The number of fused-ring (bicyclic) bond motifs is 1. The molecule has 166 valence electrons. The van der Waals surface area contributed by atoms with Crippen molar-refractivity contribution in [2.45, 2.75) is 38.5 Å². The van der Waals surface area contributed by atoms with Gasteiger partial charge < -0.3 is 20.1 Å². The molecular weight excluding hydrogens is 430 g/mol. The van der Waals surface area contributed by atoms with Crippen LogP contribution >= 0.6 is 11.3 Å². The molecule has 2 aromatic heterocycles. The number of nitrogens with one attached hydrogen (secondary N) is 3. The molecule has 9 nitrogen and oxygen atoms in total. The Balaban J connectivity index is 1.45. The van der Waals surface area contributed by atoms with Crippen LogP contribution in [-0.4, -0.2) is 34.4 Å². The fourth-order valence-corrected chi connectivity index (χ4v) is 4.56. The van der Waals surface area contributed by atoms with Crippen molar-refractivity contribution in [2.75, 3.05) is 12.1 Å². The van der Waals surface area contributed by atoms with E-state index in [1.165, 1.54) is 0 Å². The van der Waals surface area contributed by atoms with Gasteiger partial charge >= 0.3 is 0 Å². The van der Waals surface area contributed by atoms with Crippen LogP contribution in [0.25, 0.3) is 10.6 Å². The summed E-state index contributed by atoms with van der Waals surface area (Å²) in [6.45, 7) is 2.23. The fourth-order valence-electron chi connectivity index (χ4n) is 3.88. The van der Waals surface area contributed by atoms with Gasteiger partial charge in [-0.1, -0.05) is 19.4 Å². The average molecular weight is 454 g/mol. The summed E-state index contributed by atoms with van der Waals surface area (Å²) in [6, 6.07) is 10.8. The fraction of sp³-hybridized carbons (Fsp3) is 0.318. The number of amides is 2. The highest BCUT2D eigenvalue weighted by Gasteiger charge is 2.29. The maximum Gasteiger partial charge on any atom is 0.256 e. The van der Waals surface area contributed by atoms with E-state index in [0.29, 0.717) is 29.3 Å². The van der Waals surface area contributed by atoms with E-state index in [-0.39, 0.29) is 24.6 Å². The van der Waals surface area contributed by atoms with Gasteiger partial charge in [0.05, 0.1) is 4.88 Å². The van der Waals surface area contributed by atoms with Crippen LogP contribution in [0.3, 0.4) is 0 Å². The number of benzene rings is 1. The summed E-state index contributed by atoms with van der Waals surface area (Å²) in [4.78, 5) is 26.3. The van der Waals surface area contributed by atoms with Crippen LogP contribution < -0.4 is 25.4 Å². The van der Waals surface area contributed by atoms with Gasteiger partial charge in [-0.3, -0.25) is 14.9 Å². The molecule has 0 aliphatic carbocycles. The van der Waals surface area contributed by atoms with Gasteiger partial charge in [0.25, 0.3) is 5.91 Å². The van der Waals surface area contributed by atoms with Gasteiger partial charge in [0, 0.05) is 24.1 Å². The molecule has 5 rings (SSSR count). The zero-order chi connectivity index (χ0) is 22.1. The summed E-state index contributed by atoms with van der Waals surface area (Å²) >= 11 is 1.56. The summed E-state index contributed by atoms with van der Waals surface area (Å²) in [5, 5.41) is 16.0. The van der Waals surface area contributed by atoms with Crippen LogP contribution in [0.1, 0.15) is 42.8 Å². The first-order valence-corrected chi connectivity index (χ1v) is 11.4. The number of anilines is 1. The maximum absolute atomic E-state index is 13.0. The molecule has 0 spiro atoms. The van der Waals surface area contributed by atoms with E-state index in [2.05, 4.69) is 22.9 Å². The summed E-state index contributed by atoms with van der Waals surface area (Å²) in [5.41, 5.74) is 1.15. The molecule has 4 heterocycles. The predicted octanol–water partition coefficient (Wildman–Crippen LogP) is 3.33. The van der Waals surface area contributed by atoms with Gasteiger partial charge in [-0.25, -0.2) is 4.68 Å². The number of ether oxygens (including phenoxy) is 2. The maximum atomic E-state index is 13.0. The van der Waals surface area contributed by atoms with Crippen molar-refractivity contribution in [1.82, 2.24) is 20.4 Å². The molecule has 32 heavy (non-hydrogen) atoms. The van der Waals surface area contributed by atoms with E-state index in [4.69, 9.17) is 14.6 Å². The Labute approximate surface area is 188 Å². The molecular formula is C22H23N5O4S. The molecule has 2 aliphatic heterocycles. The van der Waals surface area contributed by atoms with E-state index >= 15 is 0 Å². The predicted molar refractivity (Wildman–Crippen MR) is 120 cm³/mol. The summed E-state index contributed by atoms with van der Waals surface area (Å²) < 4.78 is 12.3. The van der Waals surface area contributed by atoms with Gasteiger partial charge in [-0.05, 0) is 36.1 Å². The minimum absolute atomic E-state index is 0.0468. The smallest absolute Gasteiger partial charge is 0.256 e. The SMILES string of the molecule is CCCC1CC(=O)NC(n2nc(-c3cccs3)cc2NC(=O)c2ccc3c(c2)OCO3)N1. The lowest BCUT2D eigenvalue weighted by molar-refractivity contribution is -0.125. The number of carbonyl (C=O) groups is 2. The van der Waals surface area contributed by atoms with Crippen LogP contribution in [0.4, 0.5) is 5.82 Å². The van der Waals surface area contributed by atoms with Crippen molar-refractivity contribution >= 4 is 29.0 Å². The summed E-state index contributed by atoms with van der Waals surface area (Å²) in [5.74, 6) is 1.27. The van der Waals surface area contributed by atoms with E-state index in [0.717, 1.165) is 23.4 Å². The molecule has 2 amide bonds. The quantitative estimate of drug-likeness (QED) is 0.529. The Hall–Kier alpha value is -3.37. The van der Waals surface area contributed by atoms with Gasteiger partial charge in [0.2, 0.25) is 12.7 Å². The normalized spacial score (nSPS) is 19.6. The molecule has 0 saturated carbocycles. The zero-order valence-electron chi connectivity index (χ0n) is 17.5. The van der Waals surface area contributed by atoms with E-state index < -0.39 is 6.29 Å². The standard InChI is InChI=1S/C22H23N5O4S/c1-2-4-14-10-20(28)25-22(23-14)27-19(11-15(26-27)18-5-3-8-32-18)24-21(29)13-6-7-16-17(9-13)31-12-30-16/h3,5-9,11,14,22-23H,2,4,10,12H2,1H3,(H,24,29)(H,25,28). The molecule has 1 aromatic carbocycles. The van der Waals surface area contributed by atoms with Crippen molar-refractivity contribution in [1.29, 1.82) is 0 Å². The van der Waals surface area contributed by atoms with E-state index in [9.17, 15) is 9.59 Å². The number of aromatic nitrogens is 2. The molecule has 0 bridgehead atoms. The van der Waals surface area contributed by atoms with Crippen molar-refractivity contribution in [3.63, 3.8) is 0 Å².